The molecule has 1 aromatic rings. The van der Waals surface area contributed by atoms with Gasteiger partial charge >= 0.3 is 0 Å². The zero-order valence-electron chi connectivity index (χ0n) is 6.76. The fraction of sp³-hybridized carbons (Fsp3) is 0.400. The number of hydrogen-bond donors (Lipinski definition) is 0. The monoisotopic (exact) mass is 164 g/mol. The van der Waals surface area contributed by atoms with Gasteiger partial charge in [-0.25, -0.2) is 0 Å². The highest BCUT2D eigenvalue weighted by molar-refractivity contribution is 7.13. The third kappa shape index (κ3) is 1.38. The van der Waals surface area contributed by atoms with E-state index in [1.165, 1.54) is 23.3 Å². The second kappa shape index (κ2) is 2.49. The molecular formula is C10H12S. The van der Waals surface area contributed by atoms with E-state index >= 15 is 0 Å². The molecule has 0 aromatic carbocycles. The molecule has 58 valence electrons. The van der Waals surface area contributed by atoms with Crippen molar-refractivity contribution in [2.45, 2.75) is 25.7 Å². The summed E-state index contributed by atoms with van der Waals surface area (Å²) in [6.45, 7) is 6.00. The van der Waals surface area contributed by atoms with Crippen molar-refractivity contribution in [3.8, 4) is 0 Å². The van der Waals surface area contributed by atoms with E-state index in [-0.39, 0.29) is 0 Å². The summed E-state index contributed by atoms with van der Waals surface area (Å²) in [7, 11) is 0. The minimum atomic E-state index is 0.896. The number of hydrogen-bond acceptors (Lipinski definition) is 1. The van der Waals surface area contributed by atoms with Crippen LogP contribution in [0.1, 0.15) is 35.4 Å². The average molecular weight is 164 g/mol. The predicted molar refractivity (Wildman–Crippen MR) is 51.0 cm³/mol. The summed E-state index contributed by atoms with van der Waals surface area (Å²) >= 11 is 1.91. The lowest BCUT2D eigenvalue weighted by molar-refractivity contribution is 1.18. The van der Waals surface area contributed by atoms with Crippen molar-refractivity contribution in [2.75, 3.05) is 0 Å². The molecule has 0 saturated heterocycles. The first-order valence-electron chi connectivity index (χ1n) is 4.03. The second-order valence-electron chi connectivity index (χ2n) is 3.26. The van der Waals surface area contributed by atoms with Gasteiger partial charge in [0.25, 0.3) is 0 Å². The fourth-order valence-corrected chi connectivity index (χ4v) is 2.27. The highest BCUT2D eigenvalue weighted by atomic mass is 32.1. The summed E-state index contributed by atoms with van der Waals surface area (Å²) in [5.41, 5.74) is 1.20. The largest absolute Gasteiger partial charge is 0.140 e. The molecule has 0 nitrogen and oxygen atoms in total. The lowest BCUT2D eigenvalue weighted by Crippen LogP contribution is -1.65. The van der Waals surface area contributed by atoms with Crippen LogP contribution in [-0.4, -0.2) is 0 Å². The van der Waals surface area contributed by atoms with Crippen molar-refractivity contribution in [3.05, 3.63) is 28.5 Å². The van der Waals surface area contributed by atoms with Crippen molar-refractivity contribution >= 4 is 16.9 Å². The molecule has 0 bridgehead atoms. The molecule has 1 heterocycles. The Morgan fingerprint density at radius 2 is 2.27 bits per heavy atom. The SMILES string of the molecule is C=C(C)c1ccc(C2CC2)s1. The van der Waals surface area contributed by atoms with Gasteiger partial charge in [-0.3, -0.25) is 0 Å². The maximum atomic E-state index is 3.93. The summed E-state index contributed by atoms with van der Waals surface area (Å²) in [5.74, 6) is 0.896. The van der Waals surface area contributed by atoms with Crippen LogP contribution in [-0.2, 0) is 0 Å². The van der Waals surface area contributed by atoms with Crippen molar-refractivity contribution in [1.29, 1.82) is 0 Å². The van der Waals surface area contributed by atoms with Gasteiger partial charge in [-0.2, -0.15) is 0 Å². The molecule has 1 heteroatoms. The van der Waals surface area contributed by atoms with Gasteiger partial charge in [0.05, 0.1) is 0 Å². The summed E-state index contributed by atoms with van der Waals surface area (Å²) in [6.07, 6.45) is 2.80. The third-order valence-electron chi connectivity index (χ3n) is 2.03. The molecule has 0 N–H and O–H groups in total. The van der Waals surface area contributed by atoms with Gasteiger partial charge in [-0.15, -0.1) is 11.3 Å². The topological polar surface area (TPSA) is 0 Å². The first kappa shape index (κ1) is 7.11. The van der Waals surface area contributed by atoms with Gasteiger partial charge in [0.1, 0.15) is 0 Å². The zero-order valence-corrected chi connectivity index (χ0v) is 7.58. The minimum absolute atomic E-state index is 0.896. The molecule has 1 aliphatic rings. The maximum Gasteiger partial charge on any atom is 0.0296 e. The molecule has 1 saturated carbocycles. The first-order valence-corrected chi connectivity index (χ1v) is 4.84. The molecule has 0 aliphatic heterocycles. The van der Waals surface area contributed by atoms with Crippen LogP contribution in [0.2, 0.25) is 0 Å². The smallest absolute Gasteiger partial charge is 0.0296 e. The van der Waals surface area contributed by atoms with Gasteiger partial charge in [0.2, 0.25) is 0 Å². The van der Waals surface area contributed by atoms with Crippen LogP contribution in [0.4, 0.5) is 0 Å². The van der Waals surface area contributed by atoms with E-state index in [1.807, 2.05) is 11.3 Å². The molecular weight excluding hydrogens is 152 g/mol. The Labute approximate surface area is 71.6 Å². The quantitative estimate of drug-likeness (QED) is 0.625. The van der Waals surface area contributed by atoms with Crippen LogP contribution in [0.25, 0.3) is 5.57 Å². The fourth-order valence-electron chi connectivity index (χ4n) is 1.17. The summed E-state index contributed by atoms with van der Waals surface area (Å²) in [5, 5.41) is 0. The molecule has 0 spiro atoms. The lowest BCUT2D eigenvalue weighted by atomic mass is 10.3. The van der Waals surface area contributed by atoms with E-state index in [2.05, 4.69) is 25.6 Å². The van der Waals surface area contributed by atoms with Crippen LogP contribution < -0.4 is 0 Å². The molecule has 0 radical (unpaired) electrons. The highest BCUT2D eigenvalue weighted by Gasteiger charge is 2.24. The van der Waals surface area contributed by atoms with Gasteiger partial charge < -0.3 is 0 Å². The van der Waals surface area contributed by atoms with E-state index in [1.54, 1.807) is 4.88 Å². The predicted octanol–water partition coefficient (Wildman–Crippen LogP) is 3.66. The Morgan fingerprint density at radius 3 is 2.73 bits per heavy atom. The Hall–Kier alpha value is -0.560. The molecule has 2 rings (SSSR count). The molecule has 0 atom stereocenters. The van der Waals surface area contributed by atoms with E-state index in [4.69, 9.17) is 0 Å². The molecule has 1 fully saturated rings. The Kier molecular flexibility index (Phi) is 1.61. The third-order valence-corrected chi connectivity index (χ3v) is 3.44. The van der Waals surface area contributed by atoms with Gasteiger partial charge in [-0.05, 0) is 43.4 Å². The van der Waals surface area contributed by atoms with Crippen LogP contribution >= 0.6 is 11.3 Å². The second-order valence-corrected chi connectivity index (χ2v) is 4.37. The Bertz CT molecular complexity index is 279. The Balaban J connectivity index is 2.25. The number of rotatable bonds is 2. The molecule has 1 aromatic heterocycles. The van der Waals surface area contributed by atoms with Crippen molar-refractivity contribution in [1.82, 2.24) is 0 Å². The first-order chi connectivity index (χ1) is 5.27. The van der Waals surface area contributed by atoms with Crippen molar-refractivity contribution in [2.24, 2.45) is 0 Å². The zero-order chi connectivity index (χ0) is 7.84. The van der Waals surface area contributed by atoms with E-state index < -0.39 is 0 Å². The normalized spacial score (nSPS) is 16.8. The average Bonchev–Trinajstić information content (AvgIpc) is 2.68. The van der Waals surface area contributed by atoms with E-state index in [9.17, 15) is 0 Å². The van der Waals surface area contributed by atoms with Gasteiger partial charge in [-0.1, -0.05) is 6.58 Å². The van der Waals surface area contributed by atoms with Gasteiger partial charge in [0.15, 0.2) is 0 Å². The van der Waals surface area contributed by atoms with Gasteiger partial charge in [0, 0.05) is 9.75 Å². The van der Waals surface area contributed by atoms with E-state index in [0.717, 1.165) is 5.92 Å². The summed E-state index contributed by atoms with van der Waals surface area (Å²) < 4.78 is 0. The summed E-state index contributed by atoms with van der Waals surface area (Å²) in [4.78, 5) is 2.91. The summed E-state index contributed by atoms with van der Waals surface area (Å²) in [6, 6.07) is 4.45. The number of allylic oxidation sites excluding steroid dienone is 1. The Morgan fingerprint density at radius 1 is 1.55 bits per heavy atom. The van der Waals surface area contributed by atoms with Crippen LogP contribution in [0.15, 0.2) is 18.7 Å². The van der Waals surface area contributed by atoms with Crippen LogP contribution in [0, 0.1) is 0 Å². The standard InChI is InChI=1S/C10H12S/c1-7(2)9-5-6-10(11-9)8-3-4-8/h5-6,8H,1,3-4H2,2H3. The lowest BCUT2D eigenvalue weighted by Gasteiger charge is -1.90. The van der Waals surface area contributed by atoms with E-state index in [0.29, 0.717) is 0 Å². The molecule has 0 amide bonds. The molecule has 11 heavy (non-hydrogen) atoms. The van der Waals surface area contributed by atoms with Crippen molar-refractivity contribution < 1.29 is 0 Å². The minimum Gasteiger partial charge on any atom is -0.140 e. The highest BCUT2D eigenvalue weighted by Crippen LogP contribution is 2.43. The number of thiophene rings is 1. The van der Waals surface area contributed by atoms with Crippen LogP contribution in [0.3, 0.4) is 0 Å². The van der Waals surface area contributed by atoms with Crippen LogP contribution in [0.5, 0.6) is 0 Å². The maximum absolute atomic E-state index is 3.93. The molecule has 0 unspecified atom stereocenters. The molecule has 1 aliphatic carbocycles. The van der Waals surface area contributed by atoms with Crippen molar-refractivity contribution in [3.63, 3.8) is 0 Å².